The number of nitrogens with two attached hydrogens (primary N) is 1. The topological polar surface area (TPSA) is 43.8 Å². The Hall–Kier alpha value is -1.61. The van der Waals surface area contributed by atoms with Crippen molar-refractivity contribution >= 4 is 0 Å². The Morgan fingerprint density at radius 2 is 1.89 bits per heavy atom. The lowest BCUT2D eigenvalue weighted by atomic mass is 9.87. The van der Waals surface area contributed by atoms with E-state index in [0.717, 1.165) is 17.7 Å². The molecule has 2 N–H and O–H groups in total. The zero-order valence-corrected chi connectivity index (χ0v) is 11.3. The Bertz CT molecular complexity index is 494. The third-order valence-electron chi connectivity index (χ3n) is 2.88. The summed E-state index contributed by atoms with van der Waals surface area (Å²) in [6, 6.07) is 10.1. The zero-order chi connectivity index (χ0) is 13.2. The molecule has 3 nitrogen and oxygen atoms in total. The van der Waals surface area contributed by atoms with Crippen LogP contribution in [0.15, 0.2) is 42.7 Å². The molecule has 0 saturated carbocycles. The number of hydrogen-bond acceptors (Lipinski definition) is 2. The average molecular weight is 243 g/mol. The van der Waals surface area contributed by atoms with Crippen LogP contribution in [0.1, 0.15) is 38.8 Å². The number of hydrogen-bond donors (Lipinski definition) is 1. The first kappa shape index (κ1) is 12.8. The van der Waals surface area contributed by atoms with Gasteiger partial charge in [0, 0.05) is 17.8 Å². The van der Waals surface area contributed by atoms with Gasteiger partial charge in [-0.2, -0.15) is 5.10 Å². The van der Waals surface area contributed by atoms with Crippen molar-refractivity contribution in [1.82, 2.24) is 9.78 Å². The van der Waals surface area contributed by atoms with E-state index < -0.39 is 0 Å². The van der Waals surface area contributed by atoms with E-state index in [1.54, 1.807) is 0 Å². The van der Waals surface area contributed by atoms with Crippen molar-refractivity contribution in [3.8, 4) is 5.69 Å². The molecule has 1 atom stereocenters. The van der Waals surface area contributed by atoms with Crippen molar-refractivity contribution < 1.29 is 0 Å². The highest BCUT2D eigenvalue weighted by Crippen LogP contribution is 2.27. The van der Waals surface area contributed by atoms with Gasteiger partial charge in [0.05, 0.1) is 11.9 Å². The molecule has 0 spiro atoms. The summed E-state index contributed by atoms with van der Waals surface area (Å²) >= 11 is 0. The predicted octanol–water partition coefficient (Wildman–Crippen LogP) is 3.31. The minimum Gasteiger partial charge on any atom is -0.324 e. The minimum absolute atomic E-state index is 0.0439. The van der Waals surface area contributed by atoms with Crippen molar-refractivity contribution in [3.05, 3.63) is 48.3 Å². The smallest absolute Gasteiger partial charge is 0.0645 e. The van der Waals surface area contributed by atoms with Crippen LogP contribution in [0.3, 0.4) is 0 Å². The molecule has 18 heavy (non-hydrogen) atoms. The van der Waals surface area contributed by atoms with E-state index in [-0.39, 0.29) is 11.5 Å². The lowest BCUT2D eigenvalue weighted by Gasteiger charge is -2.22. The molecular formula is C15H21N3. The summed E-state index contributed by atoms with van der Waals surface area (Å²) in [5.41, 5.74) is 8.60. The van der Waals surface area contributed by atoms with Crippen LogP contribution in [-0.4, -0.2) is 9.78 Å². The van der Waals surface area contributed by atoms with E-state index in [1.165, 1.54) is 0 Å². The highest BCUT2D eigenvalue weighted by Gasteiger charge is 2.18. The molecule has 0 fully saturated rings. The molecule has 0 radical (unpaired) electrons. The van der Waals surface area contributed by atoms with Gasteiger partial charge in [-0.25, -0.2) is 4.68 Å². The maximum Gasteiger partial charge on any atom is 0.0645 e. The molecule has 0 saturated heterocycles. The number of benzene rings is 1. The summed E-state index contributed by atoms with van der Waals surface area (Å²) in [5, 5.41) is 4.37. The number of aromatic nitrogens is 2. The first-order valence-corrected chi connectivity index (χ1v) is 6.31. The van der Waals surface area contributed by atoms with Crippen molar-refractivity contribution in [1.29, 1.82) is 0 Å². The molecule has 1 aromatic heterocycles. The molecule has 2 rings (SSSR count). The maximum absolute atomic E-state index is 6.22. The maximum atomic E-state index is 6.22. The molecule has 1 heterocycles. The van der Waals surface area contributed by atoms with E-state index in [1.807, 2.05) is 47.4 Å². The van der Waals surface area contributed by atoms with Crippen LogP contribution in [0.5, 0.6) is 0 Å². The van der Waals surface area contributed by atoms with Gasteiger partial charge in [0.15, 0.2) is 0 Å². The molecule has 0 bridgehead atoms. The van der Waals surface area contributed by atoms with Gasteiger partial charge < -0.3 is 5.73 Å². The summed E-state index contributed by atoms with van der Waals surface area (Å²) < 4.78 is 1.87. The van der Waals surface area contributed by atoms with E-state index in [4.69, 9.17) is 5.73 Å². The molecule has 0 aliphatic carbocycles. The van der Waals surface area contributed by atoms with Crippen LogP contribution in [0, 0.1) is 5.41 Å². The van der Waals surface area contributed by atoms with Gasteiger partial charge in [0.25, 0.3) is 0 Å². The minimum atomic E-state index is 0.0439. The van der Waals surface area contributed by atoms with E-state index >= 15 is 0 Å². The largest absolute Gasteiger partial charge is 0.324 e. The first-order valence-electron chi connectivity index (χ1n) is 6.31. The lowest BCUT2D eigenvalue weighted by Crippen LogP contribution is -2.18. The van der Waals surface area contributed by atoms with Crippen LogP contribution in [0.25, 0.3) is 5.69 Å². The number of rotatable bonds is 3. The Morgan fingerprint density at radius 1 is 1.22 bits per heavy atom. The second-order valence-corrected chi connectivity index (χ2v) is 5.93. The lowest BCUT2D eigenvalue weighted by molar-refractivity contribution is 0.343. The summed E-state index contributed by atoms with van der Waals surface area (Å²) in [4.78, 5) is 0. The fourth-order valence-electron chi connectivity index (χ4n) is 2.03. The van der Waals surface area contributed by atoms with Gasteiger partial charge in [0.2, 0.25) is 0 Å². The zero-order valence-electron chi connectivity index (χ0n) is 11.3. The van der Waals surface area contributed by atoms with Gasteiger partial charge in [-0.05, 0) is 24.0 Å². The van der Waals surface area contributed by atoms with Crippen LogP contribution in [0.2, 0.25) is 0 Å². The second-order valence-electron chi connectivity index (χ2n) is 5.93. The van der Waals surface area contributed by atoms with Crippen LogP contribution < -0.4 is 5.73 Å². The quantitative estimate of drug-likeness (QED) is 0.898. The van der Waals surface area contributed by atoms with Crippen molar-refractivity contribution in [2.24, 2.45) is 11.1 Å². The number of para-hydroxylation sites is 1. The van der Waals surface area contributed by atoms with Gasteiger partial charge in [-0.3, -0.25) is 0 Å². The summed E-state index contributed by atoms with van der Waals surface area (Å²) in [7, 11) is 0. The van der Waals surface area contributed by atoms with Gasteiger partial charge in [-0.15, -0.1) is 0 Å². The monoisotopic (exact) mass is 243 g/mol. The summed E-state index contributed by atoms with van der Waals surface area (Å²) in [6.45, 7) is 6.61. The Labute approximate surface area is 109 Å². The Kier molecular flexibility index (Phi) is 3.53. The Morgan fingerprint density at radius 3 is 2.50 bits per heavy atom. The third-order valence-corrected chi connectivity index (χ3v) is 2.88. The predicted molar refractivity (Wildman–Crippen MR) is 74.6 cm³/mol. The van der Waals surface area contributed by atoms with Crippen LogP contribution in [0.4, 0.5) is 0 Å². The molecule has 0 amide bonds. The average Bonchev–Trinajstić information content (AvgIpc) is 2.77. The molecule has 3 heteroatoms. The van der Waals surface area contributed by atoms with E-state index in [2.05, 4.69) is 25.9 Å². The van der Waals surface area contributed by atoms with Gasteiger partial charge in [0.1, 0.15) is 0 Å². The standard InChI is InChI=1S/C15H21N3/c1-15(2,3)9-14(16)12-10-17-18(11-12)13-7-5-4-6-8-13/h4-8,10-11,14H,9,16H2,1-3H3. The normalized spacial score (nSPS) is 13.6. The SMILES string of the molecule is CC(C)(C)CC(N)c1cnn(-c2ccccc2)c1. The van der Waals surface area contributed by atoms with Crippen molar-refractivity contribution in [3.63, 3.8) is 0 Å². The first-order chi connectivity index (χ1) is 8.46. The molecule has 0 aliphatic heterocycles. The van der Waals surface area contributed by atoms with Gasteiger partial charge >= 0.3 is 0 Å². The van der Waals surface area contributed by atoms with E-state index in [9.17, 15) is 0 Å². The van der Waals surface area contributed by atoms with Crippen molar-refractivity contribution in [2.45, 2.75) is 33.2 Å². The fraction of sp³-hybridized carbons (Fsp3) is 0.400. The highest BCUT2D eigenvalue weighted by molar-refractivity contribution is 5.31. The molecule has 2 aromatic rings. The van der Waals surface area contributed by atoms with Gasteiger partial charge in [-0.1, -0.05) is 39.0 Å². The highest BCUT2D eigenvalue weighted by atomic mass is 15.3. The molecular weight excluding hydrogens is 222 g/mol. The molecule has 0 aliphatic rings. The summed E-state index contributed by atoms with van der Waals surface area (Å²) in [6.07, 6.45) is 4.84. The molecule has 1 unspecified atom stereocenters. The molecule has 1 aromatic carbocycles. The van der Waals surface area contributed by atoms with Crippen LogP contribution in [-0.2, 0) is 0 Å². The van der Waals surface area contributed by atoms with E-state index in [0.29, 0.717) is 0 Å². The van der Waals surface area contributed by atoms with Crippen molar-refractivity contribution in [2.75, 3.05) is 0 Å². The summed E-state index contributed by atoms with van der Waals surface area (Å²) in [5.74, 6) is 0. The number of nitrogens with zero attached hydrogens (tertiary/aromatic N) is 2. The molecule has 96 valence electrons. The fourth-order valence-corrected chi connectivity index (χ4v) is 2.03. The van der Waals surface area contributed by atoms with Crippen LogP contribution >= 0.6 is 0 Å². The third kappa shape index (κ3) is 3.20. The Balaban J connectivity index is 2.16. The second kappa shape index (κ2) is 4.94.